The van der Waals surface area contributed by atoms with Gasteiger partial charge in [-0.2, -0.15) is 0 Å². The minimum atomic E-state index is -0.149. The molecule has 1 N–H and O–H groups in total. The molecule has 0 spiro atoms. The number of benzene rings is 2. The first-order chi connectivity index (χ1) is 12.8. The number of fused-ring (bicyclic) bond motifs is 1. The second kappa shape index (κ2) is 7.40. The fourth-order valence-corrected chi connectivity index (χ4v) is 3.29. The molecule has 130 valence electrons. The number of rotatable bonds is 4. The minimum absolute atomic E-state index is 0.149. The molecule has 2 aromatic carbocycles. The monoisotopic (exact) mass is 343 g/mol. The van der Waals surface area contributed by atoms with Crippen LogP contribution in [0.3, 0.4) is 0 Å². The minimum Gasteiger partial charge on any atom is -0.366 e. The van der Waals surface area contributed by atoms with Gasteiger partial charge < -0.3 is 10.2 Å². The predicted octanol–water partition coefficient (Wildman–Crippen LogP) is 3.57. The van der Waals surface area contributed by atoms with Crippen LogP contribution in [-0.2, 0) is 19.5 Å². The van der Waals surface area contributed by atoms with Crippen molar-refractivity contribution in [3.63, 3.8) is 0 Å². The molecule has 26 heavy (non-hydrogen) atoms. The van der Waals surface area contributed by atoms with Gasteiger partial charge in [0, 0.05) is 19.6 Å². The Morgan fingerprint density at radius 1 is 0.962 bits per heavy atom. The van der Waals surface area contributed by atoms with Gasteiger partial charge in [-0.15, -0.1) is 0 Å². The zero-order chi connectivity index (χ0) is 17.8. The lowest BCUT2D eigenvalue weighted by Gasteiger charge is -2.30. The Labute approximate surface area is 153 Å². The van der Waals surface area contributed by atoms with Gasteiger partial charge in [0.25, 0.3) is 5.91 Å². The van der Waals surface area contributed by atoms with Crippen LogP contribution >= 0.6 is 0 Å². The van der Waals surface area contributed by atoms with Gasteiger partial charge >= 0.3 is 0 Å². The first-order valence-electron chi connectivity index (χ1n) is 8.89. The number of carbonyl (C=O) groups is 1. The first kappa shape index (κ1) is 16.3. The second-order valence-electron chi connectivity index (χ2n) is 6.51. The van der Waals surface area contributed by atoms with Gasteiger partial charge in [-0.25, -0.2) is 4.98 Å². The zero-order valence-corrected chi connectivity index (χ0v) is 14.6. The molecule has 0 fully saturated rings. The Hall–Kier alpha value is -3.14. The third-order valence-electron chi connectivity index (χ3n) is 4.77. The van der Waals surface area contributed by atoms with E-state index in [-0.39, 0.29) is 5.91 Å². The molecule has 1 amide bonds. The number of carbonyl (C=O) groups excluding carboxylic acids is 1. The first-order valence-corrected chi connectivity index (χ1v) is 8.89. The Morgan fingerprint density at radius 3 is 2.50 bits per heavy atom. The van der Waals surface area contributed by atoms with Crippen molar-refractivity contribution in [2.75, 3.05) is 11.4 Å². The standard InChI is InChI=1S/C22H21N3O/c26-22(24-14-17-6-2-1-3-7-17)21-11-10-20(15-23-21)25-13-12-18-8-4-5-9-19(18)16-25/h1-11,15H,12-14,16H2,(H,24,26). The van der Waals surface area contributed by atoms with Gasteiger partial charge in [-0.1, -0.05) is 54.6 Å². The van der Waals surface area contributed by atoms with Crippen molar-refractivity contribution in [2.45, 2.75) is 19.5 Å². The third-order valence-corrected chi connectivity index (χ3v) is 4.77. The van der Waals surface area contributed by atoms with Crippen molar-refractivity contribution in [1.82, 2.24) is 10.3 Å². The molecule has 0 atom stereocenters. The third kappa shape index (κ3) is 3.59. The van der Waals surface area contributed by atoms with Crippen molar-refractivity contribution < 1.29 is 4.79 Å². The summed E-state index contributed by atoms with van der Waals surface area (Å²) in [5, 5.41) is 2.91. The molecule has 0 saturated carbocycles. The zero-order valence-electron chi connectivity index (χ0n) is 14.6. The predicted molar refractivity (Wildman–Crippen MR) is 103 cm³/mol. The number of anilines is 1. The maximum absolute atomic E-state index is 12.3. The number of nitrogens with one attached hydrogen (secondary N) is 1. The number of amides is 1. The molecule has 0 aliphatic carbocycles. The smallest absolute Gasteiger partial charge is 0.270 e. The van der Waals surface area contributed by atoms with E-state index in [2.05, 4.69) is 39.5 Å². The molecule has 4 nitrogen and oxygen atoms in total. The Kier molecular flexibility index (Phi) is 4.65. The van der Waals surface area contributed by atoms with Crippen LogP contribution < -0.4 is 10.2 Å². The number of aromatic nitrogens is 1. The van der Waals surface area contributed by atoms with Gasteiger partial charge in [0.05, 0.1) is 11.9 Å². The summed E-state index contributed by atoms with van der Waals surface area (Å²) >= 11 is 0. The van der Waals surface area contributed by atoms with Crippen molar-refractivity contribution in [1.29, 1.82) is 0 Å². The number of pyridine rings is 1. The average Bonchev–Trinajstić information content (AvgIpc) is 2.72. The molecule has 2 heterocycles. The fourth-order valence-electron chi connectivity index (χ4n) is 3.29. The van der Waals surface area contributed by atoms with Gasteiger partial charge in [0.2, 0.25) is 0 Å². The summed E-state index contributed by atoms with van der Waals surface area (Å²) in [5.74, 6) is -0.149. The normalized spacial score (nSPS) is 13.2. The van der Waals surface area contributed by atoms with Crippen LogP contribution in [0.4, 0.5) is 5.69 Å². The number of hydrogen-bond donors (Lipinski definition) is 1. The lowest BCUT2D eigenvalue weighted by Crippen LogP contribution is -2.30. The van der Waals surface area contributed by atoms with Crippen molar-refractivity contribution in [3.8, 4) is 0 Å². The van der Waals surface area contributed by atoms with Crippen LogP contribution in [-0.4, -0.2) is 17.4 Å². The lowest BCUT2D eigenvalue weighted by atomic mass is 10.00. The van der Waals surface area contributed by atoms with Crippen LogP contribution in [0.25, 0.3) is 0 Å². The van der Waals surface area contributed by atoms with E-state index in [4.69, 9.17) is 0 Å². The fraction of sp³-hybridized carbons (Fsp3) is 0.182. The summed E-state index contributed by atoms with van der Waals surface area (Å²) in [4.78, 5) is 19.0. The Bertz CT molecular complexity index is 891. The molecule has 4 rings (SSSR count). The molecular formula is C22H21N3O. The number of nitrogens with zero attached hydrogens (tertiary/aromatic N) is 2. The van der Waals surface area contributed by atoms with Gasteiger partial charge in [-0.05, 0) is 35.2 Å². The van der Waals surface area contributed by atoms with Crippen LogP contribution in [0.15, 0.2) is 72.9 Å². The van der Waals surface area contributed by atoms with E-state index in [1.165, 1.54) is 11.1 Å². The molecule has 3 aromatic rings. The summed E-state index contributed by atoms with van der Waals surface area (Å²) in [6.45, 7) is 2.36. The van der Waals surface area contributed by atoms with Crippen LogP contribution in [0.2, 0.25) is 0 Å². The summed E-state index contributed by atoms with van der Waals surface area (Å²) in [6.07, 6.45) is 2.83. The molecule has 4 heteroatoms. The van der Waals surface area contributed by atoms with E-state index in [1.807, 2.05) is 36.4 Å². The Morgan fingerprint density at radius 2 is 1.73 bits per heavy atom. The lowest BCUT2D eigenvalue weighted by molar-refractivity contribution is 0.0946. The van der Waals surface area contributed by atoms with Crippen LogP contribution in [0.5, 0.6) is 0 Å². The molecule has 0 bridgehead atoms. The van der Waals surface area contributed by atoms with E-state index < -0.39 is 0 Å². The average molecular weight is 343 g/mol. The van der Waals surface area contributed by atoms with E-state index in [0.29, 0.717) is 12.2 Å². The molecule has 0 unspecified atom stereocenters. The summed E-state index contributed by atoms with van der Waals surface area (Å²) in [7, 11) is 0. The quantitative estimate of drug-likeness (QED) is 0.788. The van der Waals surface area contributed by atoms with Gasteiger partial charge in [-0.3, -0.25) is 4.79 Å². The molecule has 1 aromatic heterocycles. The molecule has 0 saturated heterocycles. The van der Waals surface area contributed by atoms with E-state index in [1.54, 1.807) is 12.3 Å². The maximum Gasteiger partial charge on any atom is 0.270 e. The highest BCUT2D eigenvalue weighted by molar-refractivity contribution is 5.92. The highest BCUT2D eigenvalue weighted by Gasteiger charge is 2.17. The van der Waals surface area contributed by atoms with Crippen LogP contribution in [0, 0.1) is 0 Å². The largest absolute Gasteiger partial charge is 0.366 e. The summed E-state index contributed by atoms with van der Waals surface area (Å²) < 4.78 is 0. The highest BCUT2D eigenvalue weighted by atomic mass is 16.1. The van der Waals surface area contributed by atoms with Crippen LogP contribution in [0.1, 0.15) is 27.2 Å². The summed E-state index contributed by atoms with van der Waals surface area (Å²) in [5.41, 5.74) is 5.36. The van der Waals surface area contributed by atoms with E-state index >= 15 is 0 Å². The summed E-state index contributed by atoms with van der Waals surface area (Å²) in [6, 6.07) is 22.2. The molecule has 1 aliphatic heterocycles. The maximum atomic E-state index is 12.3. The second-order valence-corrected chi connectivity index (χ2v) is 6.51. The van der Waals surface area contributed by atoms with E-state index in [9.17, 15) is 4.79 Å². The molecular weight excluding hydrogens is 322 g/mol. The molecule has 0 radical (unpaired) electrons. The van der Waals surface area contributed by atoms with Crippen molar-refractivity contribution in [2.24, 2.45) is 0 Å². The molecule has 1 aliphatic rings. The van der Waals surface area contributed by atoms with Crippen molar-refractivity contribution in [3.05, 3.63) is 95.3 Å². The SMILES string of the molecule is O=C(NCc1ccccc1)c1ccc(N2CCc3ccccc3C2)cn1. The Balaban J connectivity index is 1.40. The highest BCUT2D eigenvalue weighted by Crippen LogP contribution is 2.23. The number of hydrogen-bond acceptors (Lipinski definition) is 3. The van der Waals surface area contributed by atoms with Gasteiger partial charge in [0.15, 0.2) is 0 Å². The van der Waals surface area contributed by atoms with E-state index in [0.717, 1.165) is 30.8 Å². The topological polar surface area (TPSA) is 45.2 Å². The van der Waals surface area contributed by atoms with Gasteiger partial charge in [0.1, 0.15) is 5.69 Å². The van der Waals surface area contributed by atoms with Crippen molar-refractivity contribution >= 4 is 11.6 Å².